The van der Waals surface area contributed by atoms with E-state index in [4.69, 9.17) is 9.47 Å². The van der Waals surface area contributed by atoms with E-state index in [1.54, 1.807) is 6.20 Å². The Kier molecular flexibility index (Phi) is 7.73. The number of unbranched alkanes of at least 4 members (excludes halogenated alkanes) is 3. The molecule has 0 amide bonds. The van der Waals surface area contributed by atoms with Crippen molar-refractivity contribution in [2.24, 2.45) is 0 Å². The summed E-state index contributed by atoms with van der Waals surface area (Å²) in [7, 11) is 0. The third-order valence-corrected chi connectivity index (χ3v) is 4.20. The van der Waals surface area contributed by atoms with Gasteiger partial charge in [-0.05, 0) is 70.2 Å². The Hall–Kier alpha value is -2.69. The molecule has 0 unspecified atom stereocenters. The predicted octanol–water partition coefficient (Wildman–Crippen LogP) is 5.15. The van der Waals surface area contributed by atoms with E-state index < -0.39 is 11.6 Å². The molecule has 2 rings (SSSR count). The van der Waals surface area contributed by atoms with Crippen LogP contribution >= 0.6 is 0 Å². The molecule has 0 radical (unpaired) electrons. The molecule has 0 bridgehead atoms. The Morgan fingerprint density at radius 1 is 1.07 bits per heavy atom. The van der Waals surface area contributed by atoms with Crippen molar-refractivity contribution in [2.45, 2.75) is 59.0 Å². The Bertz CT molecular complexity index is 808. The van der Waals surface area contributed by atoms with Crippen LogP contribution in [0.15, 0.2) is 36.5 Å². The Labute approximate surface area is 167 Å². The van der Waals surface area contributed by atoms with E-state index in [0.29, 0.717) is 18.7 Å². The number of rotatable bonds is 9. The predicted molar refractivity (Wildman–Crippen MR) is 110 cm³/mol. The van der Waals surface area contributed by atoms with Gasteiger partial charge in [0.05, 0.1) is 6.61 Å². The summed E-state index contributed by atoms with van der Waals surface area (Å²) in [5.41, 5.74) is 2.29. The average molecular weight is 383 g/mol. The first kappa shape index (κ1) is 21.6. The first-order valence-electron chi connectivity index (χ1n) is 9.68. The second-order valence-corrected chi connectivity index (χ2v) is 7.69. The lowest BCUT2D eigenvalue weighted by Crippen LogP contribution is -2.24. The molecular weight excluding hydrogens is 354 g/mol. The van der Waals surface area contributed by atoms with Crippen LogP contribution in [0.25, 0.3) is 11.1 Å². The summed E-state index contributed by atoms with van der Waals surface area (Å²) < 4.78 is 11.4. The van der Waals surface area contributed by atoms with Gasteiger partial charge in [-0.2, -0.15) is 0 Å². The molecule has 0 fully saturated rings. The number of carbonyl (C=O) groups excluding carboxylic acids is 2. The molecule has 0 aliphatic carbocycles. The highest BCUT2D eigenvalue weighted by atomic mass is 16.6. The van der Waals surface area contributed by atoms with Crippen molar-refractivity contribution in [1.82, 2.24) is 4.98 Å². The Balaban J connectivity index is 2.20. The average Bonchev–Trinajstić information content (AvgIpc) is 2.64. The van der Waals surface area contributed by atoms with Crippen LogP contribution in [0.4, 0.5) is 0 Å². The monoisotopic (exact) mass is 383 g/mol. The fourth-order valence-corrected chi connectivity index (χ4v) is 2.86. The molecule has 0 atom stereocenters. The summed E-state index contributed by atoms with van der Waals surface area (Å²) in [5, 5.41) is 0. The number of hydrogen-bond donors (Lipinski definition) is 0. The van der Waals surface area contributed by atoms with Crippen molar-refractivity contribution in [3.63, 3.8) is 0 Å². The van der Waals surface area contributed by atoms with Gasteiger partial charge in [-0.15, -0.1) is 0 Å². The Morgan fingerprint density at radius 3 is 2.54 bits per heavy atom. The lowest BCUT2D eigenvalue weighted by molar-refractivity contribution is -0.107. The highest BCUT2D eigenvalue weighted by molar-refractivity contribution is 5.96. The highest BCUT2D eigenvalue weighted by Gasteiger charge is 2.23. The van der Waals surface area contributed by atoms with Crippen molar-refractivity contribution in [1.29, 1.82) is 0 Å². The van der Waals surface area contributed by atoms with Crippen LogP contribution in [-0.2, 0) is 9.53 Å². The first-order valence-corrected chi connectivity index (χ1v) is 9.68. The zero-order valence-electron chi connectivity index (χ0n) is 17.2. The standard InChI is InChI=1S/C23H29NO4/c1-17-18(11-9-13-20(17)27-16-8-6-5-7-15-25)19-12-10-14-24-21(19)22(26)28-23(2,3)4/h9-15H,5-8,16H2,1-4H3. The van der Waals surface area contributed by atoms with E-state index in [-0.39, 0.29) is 0 Å². The topological polar surface area (TPSA) is 65.5 Å². The summed E-state index contributed by atoms with van der Waals surface area (Å²) in [6.07, 6.45) is 5.89. The molecule has 0 saturated carbocycles. The number of ether oxygens (including phenoxy) is 2. The molecule has 1 aromatic heterocycles. The number of nitrogens with zero attached hydrogens (tertiary/aromatic N) is 1. The molecule has 1 heterocycles. The zero-order chi connectivity index (χ0) is 20.6. The lowest BCUT2D eigenvalue weighted by atomic mass is 9.98. The molecule has 5 heteroatoms. The van der Waals surface area contributed by atoms with Crippen LogP contribution in [0.2, 0.25) is 0 Å². The van der Waals surface area contributed by atoms with Crippen molar-refractivity contribution in [3.8, 4) is 16.9 Å². The van der Waals surface area contributed by atoms with Crippen LogP contribution < -0.4 is 4.74 Å². The van der Waals surface area contributed by atoms with Gasteiger partial charge in [-0.3, -0.25) is 0 Å². The van der Waals surface area contributed by atoms with Gasteiger partial charge in [0.25, 0.3) is 0 Å². The molecule has 28 heavy (non-hydrogen) atoms. The zero-order valence-corrected chi connectivity index (χ0v) is 17.2. The third kappa shape index (κ3) is 6.19. The lowest BCUT2D eigenvalue weighted by Gasteiger charge is -2.20. The van der Waals surface area contributed by atoms with Gasteiger partial charge in [0.1, 0.15) is 17.6 Å². The van der Waals surface area contributed by atoms with Gasteiger partial charge in [0, 0.05) is 18.2 Å². The number of aldehydes is 1. The summed E-state index contributed by atoms with van der Waals surface area (Å²) in [6.45, 7) is 8.07. The quantitative estimate of drug-likeness (QED) is 0.340. The number of aromatic nitrogens is 1. The fraction of sp³-hybridized carbons (Fsp3) is 0.435. The highest BCUT2D eigenvalue weighted by Crippen LogP contribution is 2.32. The maximum Gasteiger partial charge on any atom is 0.358 e. The van der Waals surface area contributed by atoms with Crippen molar-refractivity contribution in [3.05, 3.63) is 47.8 Å². The normalized spacial score (nSPS) is 11.1. The number of esters is 1. The smallest absolute Gasteiger partial charge is 0.358 e. The van der Waals surface area contributed by atoms with Crippen LogP contribution in [0.5, 0.6) is 5.75 Å². The van der Waals surface area contributed by atoms with Gasteiger partial charge in [-0.25, -0.2) is 9.78 Å². The minimum atomic E-state index is -0.588. The molecule has 0 N–H and O–H groups in total. The van der Waals surface area contributed by atoms with Crippen molar-refractivity contribution in [2.75, 3.05) is 6.61 Å². The second-order valence-electron chi connectivity index (χ2n) is 7.69. The molecular formula is C23H29NO4. The van der Waals surface area contributed by atoms with E-state index in [1.165, 1.54) is 0 Å². The molecule has 2 aromatic rings. The first-order chi connectivity index (χ1) is 13.3. The van der Waals surface area contributed by atoms with Crippen LogP contribution in [0.1, 0.15) is 62.5 Å². The van der Waals surface area contributed by atoms with E-state index in [1.807, 2.05) is 58.0 Å². The van der Waals surface area contributed by atoms with Gasteiger partial charge in [0.15, 0.2) is 5.69 Å². The maximum atomic E-state index is 12.6. The van der Waals surface area contributed by atoms with Crippen molar-refractivity contribution >= 4 is 12.3 Å². The summed E-state index contributed by atoms with van der Waals surface area (Å²) >= 11 is 0. The van der Waals surface area contributed by atoms with E-state index in [9.17, 15) is 9.59 Å². The van der Waals surface area contributed by atoms with Crippen LogP contribution in [-0.4, -0.2) is 29.4 Å². The molecule has 5 nitrogen and oxygen atoms in total. The maximum absolute atomic E-state index is 12.6. The van der Waals surface area contributed by atoms with Crippen LogP contribution in [0, 0.1) is 6.92 Å². The number of pyridine rings is 1. The van der Waals surface area contributed by atoms with Crippen LogP contribution in [0.3, 0.4) is 0 Å². The molecule has 0 aliphatic rings. The largest absolute Gasteiger partial charge is 0.493 e. The minimum Gasteiger partial charge on any atom is -0.493 e. The summed E-state index contributed by atoms with van der Waals surface area (Å²) in [5.74, 6) is 0.343. The SMILES string of the molecule is Cc1c(OCCCCCC=O)cccc1-c1cccnc1C(=O)OC(C)(C)C. The van der Waals surface area contributed by atoms with E-state index >= 15 is 0 Å². The molecule has 1 aromatic carbocycles. The number of benzene rings is 1. The second kappa shape index (κ2) is 10.0. The number of carbonyl (C=O) groups is 2. The molecule has 0 spiro atoms. The molecule has 150 valence electrons. The number of hydrogen-bond acceptors (Lipinski definition) is 5. The van der Waals surface area contributed by atoms with Gasteiger partial charge in [-0.1, -0.05) is 18.2 Å². The molecule has 0 aliphatic heterocycles. The van der Waals surface area contributed by atoms with Crippen molar-refractivity contribution < 1.29 is 19.1 Å². The molecule has 0 saturated heterocycles. The minimum absolute atomic E-state index is 0.298. The third-order valence-electron chi connectivity index (χ3n) is 4.20. The Morgan fingerprint density at radius 2 is 1.82 bits per heavy atom. The van der Waals surface area contributed by atoms with E-state index in [2.05, 4.69) is 4.98 Å². The van der Waals surface area contributed by atoms with Gasteiger partial charge in [0.2, 0.25) is 0 Å². The van der Waals surface area contributed by atoms with E-state index in [0.717, 1.165) is 48.0 Å². The van der Waals surface area contributed by atoms with Gasteiger partial charge >= 0.3 is 5.97 Å². The summed E-state index contributed by atoms with van der Waals surface area (Å²) in [6, 6.07) is 9.47. The summed E-state index contributed by atoms with van der Waals surface area (Å²) in [4.78, 5) is 27.2. The fourth-order valence-electron chi connectivity index (χ4n) is 2.86. The van der Waals surface area contributed by atoms with Gasteiger partial charge < -0.3 is 14.3 Å².